The maximum absolute atomic E-state index is 13.0. The van der Waals surface area contributed by atoms with Crippen LogP contribution in [0.3, 0.4) is 0 Å². The Balaban J connectivity index is 1.43. The fourth-order valence-electron chi connectivity index (χ4n) is 4.94. The molecule has 28 heavy (non-hydrogen) atoms. The van der Waals surface area contributed by atoms with Crippen LogP contribution in [-0.2, 0) is 11.3 Å². The van der Waals surface area contributed by atoms with Gasteiger partial charge in [-0.2, -0.15) is 0 Å². The minimum absolute atomic E-state index is 0.119. The lowest BCUT2D eigenvalue weighted by Crippen LogP contribution is -2.49. The first-order valence-electron chi connectivity index (χ1n) is 10.4. The van der Waals surface area contributed by atoms with Crippen molar-refractivity contribution in [2.75, 3.05) is 33.3 Å². The Hall–Kier alpha value is -2.28. The molecule has 0 unspecified atom stereocenters. The molecule has 0 radical (unpaired) electrons. The van der Waals surface area contributed by atoms with Crippen molar-refractivity contribution in [3.63, 3.8) is 0 Å². The van der Waals surface area contributed by atoms with Crippen LogP contribution >= 0.6 is 0 Å². The number of carbonyl (C=O) groups is 1. The van der Waals surface area contributed by atoms with Gasteiger partial charge in [-0.3, -0.25) is 9.13 Å². The molecule has 7 heteroatoms. The molecular formula is C21H30N4O3. The summed E-state index contributed by atoms with van der Waals surface area (Å²) in [5, 5.41) is 0. The summed E-state index contributed by atoms with van der Waals surface area (Å²) in [5.41, 5.74) is 2.21. The van der Waals surface area contributed by atoms with Crippen LogP contribution in [0.4, 0.5) is 4.79 Å². The van der Waals surface area contributed by atoms with E-state index in [1.54, 1.807) is 4.90 Å². The van der Waals surface area contributed by atoms with E-state index in [0.29, 0.717) is 12.6 Å². The molecule has 3 heterocycles. The highest BCUT2D eigenvalue weighted by Crippen LogP contribution is 2.28. The van der Waals surface area contributed by atoms with Gasteiger partial charge in [0, 0.05) is 44.8 Å². The summed E-state index contributed by atoms with van der Waals surface area (Å²) in [5.74, 6) is 0. The standard InChI is InChI=1S/C21H30N4O3/c1-3-24-18-6-4-5-7-19(18)25(20(24)26)17-10-12-22(13-11-17)16-8-14-23(15-9-16)21(27)28-2/h4-7,16-17H,3,8-15H2,1-2H3. The van der Waals surface area contributed by atoms with Gasteiger partial charge in [-0.25, -0.2) is 9.59 Å². The van der Waals surface area contributed by atoms with Gasteiger partial charge in [0.2, 0.25) is 0 Å². The summed E-state index contributed by atoms with van der Waals surface area (Å²) < 4.78 is 8.73. The molecule has 2 aliphatic rings. The van der Waals surface area contributed by atoms with Gasteiger partial charge in [-0.15, -0.1) is 0 Å². The third kappa shape index (κ3) is 3.32. The summed E-state index contributed by atoms with van der Waals surface area (Å²) in [7, 11) is 1.44. The van der Waals surface area contributed by atoms with Gasteiger partial charge >= 0.3 is 11.8 Å². The van der Waals surface area contributed by atoms with Gasteiger partial charge in [0.05, 0.1) is 18.1 Å². The number of rotatable bonds is 3. The van der Waals surface area contributed by atoms with Crippen molar-refractivity contribution in [1.82, 2.24) is 18.9 Å². The van der Waals surface area contributed by atoms with Gasteiger partial charge < -0.3 is 14.5 Å². The zero-order chi connectivity index (χ0) is 19.7. The number of nitrogens with zero attached hydrogens (tertiary/aromatic N) is 4. The zero-order valence-electron chi connectivity index (χ0n) is 16.8. The Morgan fingerprint density at radius 2 is 1.61 bits per heavy atom. The molecule has 0 saturated carbocycles. The number of benzene rings is 1. The number of piperidine rings is 2. The second-order valence-corrected chi connectivity index (χ2v) is 7.84. The van der Waals surface area contributed by atoms with Crippen LogP contribution in [0.1, 0.15) is 38.6 Å². The second kappa shape index (κ2) is 7.99. The lowest BCUT2D eigenvalue weighted by molar-refractivity contribution is 0.0686. The molecule has 2 aromatic rings. The molecule has 2 saturated heterocycles. The first-order valence-corrected chi connectivity index (χ1v) is 10.4. The third-order valence-electron chi connectivity index (χ3n) is 6.46. The number of para-hydroxylation sites is 2. The van der Waals surface area contributed by atoms with E-state index < -0.39 is 0 Å². The van der Waals surface area contributed by atoms with E-state index >= 15 is 0 Å². The molecule has 7 nitrogen and oxygen atoms in total. The number of imidazole rings is 1. The van der Waals surface area contributed by atoms with Crippen LogP contribution < -0.4 is 5.69 Å². The number of amides is 1. The summed E-state index contributed by atoms with van der Waals surface area (Å²) in [6.45, 7) is 6.27. The van der Waals surface area contributed by atoms with E-state index in [4.69, 9.17) is 4.74 Å². The Kier molecular flexibility index (Phi) is 5.44. The number of aromatic nitrogens is 2. The lowest BCUT2D eigenvalue weighted by Gasteiger charge is -2.41. The van der Waals surface area contributed by atoms with E-state index in [-0.39, 0.29) is 17.8 Å². The Morgan fingerprint density at radius 1 is 1.00 bits per heavy atom. The van der Waals surface area contributed by atoms with E-state index in [1.807, 2.05) is 34.3 Å². The van der Waals surface area contributed by atoms with Crippen molar-refractivity contribution >= 4 is 17.1 Å². The Labute approximate surface area is 165 Å². The van der Waals surface area contributed by atoms with Crippen molar-refractivity contribution in [2.45, 2.75) is 51.2 Å². The van der Waals surface area contributed by atoms with Crippen LogP contribution in [-0.4, -0.2) is 64.4 Å². The van der Waals surface area contributed by atoms with Crippen molar-refractivity contribution in [2.24, 2.45) is 0 Å². The molecule has 1 aromatic heterocycles. The molecule has 0 N–H and O–H groups in total. The maximum Gasteiger partial charge on any atom is 0.409 e. The monoisotopic (exact) mass is 386 g/mol. The number of hydrogen-bond donors (Lipinski definition) is 0. The Bertz CT molecular complexity index is 887. The van der Waals surface area contributed by atoms with Crippen molar-refractivity contribution < 1.29 is 9.53 Å². The van der Waals surface area contributed by atoms with Crippen molar-refractivity contribution in [3.8, 4) is 0 Å². The number of aryl methyl sites for hydroxylation is 1. The Morgan fingerprint density at radius 3 is 2.21 bits per heavy atom. The molecule has 2 aliphatic heterocycles. The molecular weight excluding hydrogens is 356 g/mol. The summed E-state index contributed by atoms with van der Waals surface area (Å²) in [6.07, 6.45) is 3.76. The molecule has 0 aliphatic carbocycles. The number of carbonyl (C=O) groups excluding carboxylic acids is 1. The van der Waals surface area contributed by atoms with E-state index in [0.717, 1.165) is 62.9 Å². The molecule has 2 fully saturated rings. The third-order valence-corrected chi connectivity index (χ3v) is 6.46. The van der Waals surface area contributed by atoms with E-state index in [2.05, 4.69) is 11.0 Å². The summed E-state index contributed by atoms with van der Waals surface area (Å²) in [4.78, 5) is 29.0. The minimum Gasteiger partial charge on any atom is -0.453 e. The minimum atomic E-state index is -0.219. The van der Waals surface area contributed by atoms with Gasteiger partial charge in [-0.1, -0.05) is 12.1 Å². The van der Waals surface area contributed by atoms with Gasteiger partial charge in [0.1, 0.15) is 0 Å². The number of ether oxygens (including phenoxy) is 1. The highest BCUT2D eigenvalue weighted by molar-refractivity contribution is 5.76. The van der Waals surface area contributed by atoms with Crippen molar-refractivity contribution in [3.05, 3.63) is 34.7 Å². The summed E-state index contributed by atoms with van der Waals surface area (Å²) in [6, 6.07) is 8.91. The van der Waals surface area contributed by atoms with Crippen LogP contribution in [0, 0.1) is 0 Å². The predicted molar refractivity (Wildman–Crippen MR) is 109 cm³/mol. The number of likely N-dealkylation sites (tertiary alicyclic amines) is 2. The SMILES string of the molecule is CCn1c(=O)n(C2CCN(C3CCN(C(=O)OC)CC3)CC2)c2ccccc21. The fourth-order valence-corrected chi connectivity index (χ4v) is 4.94. The smallest absolute Gasteiger partial charge is 0.409 e. The zero-order valence-corrected chi connectivity index (χ0v) is 16.8. The van der Waals surface area contributed by atoms with Crippen LogP contribution in [0.5, 0.6) is 0 Å². The molecule has 152 valence electrons. The summed E-state index contributed by atoms with van der Waals surface area (Å²) >= 11 is 0. The normalized spacial score (nSPS) is 20.0. The average Bonchev–Trinajstić information content (AvgIpc) is 3.04. The molecule has 1 amide bonds. The number of methoxy groups -OCH3 is 1. The van der Waals surface area contributed by atoms with Crippen LogP contribution in [0.25, 0.3) is 11.0 Å². The van der Waals surface area contributed by atoms with Gasteiger partial charge in [0.15, 0.2) is 0 Å². The maximum atomic E-state index is 13.0. The van der Waals surface area contributed by atoms with Gasteiger partial charge in [0.25, 0.3) is 0 Å². The molecule has 0 atom stereocenters. The van der Waals surface area contributed by atoms with E-state index in [1.165, 1.54) is 7.11 Å². The molecule has 4 rings (SSSR count). The number of hydrogen-bond acceptors (Lipinski definition) is 4. The number of fused-ring (bicyclic) bond motifs is 1. The highest BCUT2D eigenvalue weighted by atomic mass is 16.5. The first-order chi connectivity index (χ1) is 13.6. The van der Waals surface area contributed by atoms with Gasteiger partial charge in [-0.05, 0) is 44.7 Å². The topological polar surface area (TPSA) is 59.7 Å². The fraction of sp³-hybridized carbons (Fsp3) is 0.619. The first kappa shape index (κ1) is 19.1. The largest absolute Gasteiger partial charge is 0.453 e. The quantitative estimate of drug-likeness (QED) is 0.814. The molecule has 0 bridgehead atoms. The van der Waals surface area contributed by atoms with Crippen LogP contribution in [0.2, 0.25) is 0 Å². The predicted octanol–water partition coefficient (Wildman–Crippen LogP) is 2.69. The van der Waals surface area contributed by atoms with Crippen molar-refractivity contribution in [1.29, 1.82) is 0 Å². The highest BCUT2D eigenvalue weighted by Gasteiger charge is 2.31. The second-order valence-electron chi connectivity index (χ2n) is 7.84. The van der Waals surface area contributed by atoms with E-state index in [9.17, 15) is 9.59 Å². The lowest BCUT2D eigenvalue weighted by atomic mass is 9.97. The molecule has 0 spiro atoms. The van der Waals surface area contributed by atoms with Crippen LogP contribution in [0.15, 0.2) is 29.1 Å². The molecule has 1 aromatic carbocycles. The average molecular weight is 386 g/mol.